The normalized spacial score (nSPS) is 20.7. The van der Waals surface area contributed by atoms with Crippen LogP contribution in [0.4, 0.5) is 0 Å². The fraction of sp³-hybridized carbons (Fsp3) is 0.387. The lowest BCUT2D eigenvalue weighted by molar-refractivity contribution is -0.348. The van der Waals surface area contributed by atoms with E-state index in [1.54, 1.807) is 91.0 Å². The minimum absolute atomic E-state index is 0.0385. The molecule has 0 amide bonds. The van der Waals surface area contributed by atoms with Gasteiger partial charge in [-0.1, -0.05) is 242 Å². The average Bonchev–Trinajstić information content (AvgIpc) is 0.977. The highest BCUT2D eigenvalue weighted by molar-refractivity contribution is 6.99. The van der Waals surface area contributed by atoms with Gasteiger partial charge in [0.1, 0.15) is 37.1 Å². The molecule has 15 nitrogen and oxygen atoms in total. The van der Waals surface area contributed by atoms with Crippen LogP contribution < -0.4 is 10.4 Å². The zero-order valence-corrected chi connectivity index (χ0v) is 53.6. The van der Waals surface area contributed by atoms with Gasteiger partial charge in [-0.2, -0.15) is 0 Å². The lowest BCUT2D eigenvalue weighted by Gasteiger charge is -2.48. The number of rotatable bonds is 33. The standard InChI is InChI=1S/C75H86O15Si/c1-75(2,3)91(60-45-29-17-30-46-60,61-47-31-18-32-48-61)85-54-63-65(82-51-55-35-19-12-20-36-55)67(83-52-56-37-21-13-22-38-56)69(73(86-63)81-50-34-11-9-7-5-6-8-10-33-49-64(76)80-4)90-74-68(89-72(79)59-43-27-16-28-44-59)66(88-71(78)58-41-25-15-26-42-58)62(87-74)53-84-70(77)57-39-23-14-24-40-57/h12-32,35-48,62-63,65-69,73-74H,5-11,33-34,49-54H2,1-4H3/t62-,63+,65-,66-,67-,68+,69+,73+,74-/m0/s1. The van der Waals surface area contributed by atoms with Gasteiger partial charge in [0, 0.05) is 13.0 Å². The molecule has 0 aromatic heterocycles. The van der Waals surface area contributed by atoms with Crippen LogP contribution in [0.3, 0.4) is 0 Å². The van der Waals surface area contributed by atoms with Crippen molar-refractivity contribution < 1.29 is 71.0 Å². The van der Waals surface area contributed by atoms with Gasteiger partial charge in [0.2, 0.25) is 0 Å². The molecule has 0 saturated carbocycles. The summed E-state index contributed by atoms with van der Waals surface area (Å²) in [5, 5.41) is 1.76. The number of carbonyl (C=O) groups is 4. The molecule has 2 aliphatic rings. The van der Waals surface area contributed by atoms with Crippen LogP contribution in [0.5, 0.6) is 0 Å². The van der Waals surface area contributed by atoms with Gasteiger partial charge in [-0.3, -0.25) is 4.79 Å². The highest BCUT2D eigenvalue weighted by Gasteiger charge is 2.57. The van der Waals surface area contributed by atoms with Gasteiger partial charge in [-0.05, 0) is 75.8 Å². The third-order valence-corrected chi connectivity index (χ3v) is 21.5. The van der Waals surface area contributed by atoms with Gasteiger partial charge in [0.05, 0.1) is 43.6 Å². The van der Waals surface area contributed by atoms with E-state index in [0.717, 1.165) is 72.9 Å². The fourth-order valence-corrected chi connectivity index (χ4v) is 16.4. The molecule has 9 atom stereocenters. The molecular formula is C75H86O15Si. The molecule has 7 aromatic carbocycles. The molecule has 0 spiro atoms. The van der Waals surface area contributed by atoms with E-state index in [-0.39, 0.29) is 49.1 Å². The number of ether oxygens (including phenoxy) is 10. The van der Waals surface area contributed by atoms with Gasteiger partial charge in [-0.25, -0.2) is 14.4 Å². The van der Waals surface area contributed by atoms with Gasteiger partial charge < -0.3 is 51.8 Å². The van der Waals surface area contributed by atoms with Crippen molar-refractivity contribution in [2.24, 2.45) is 0 Å². The lowest BCUT2D eigenvalue weighted by atomic mass is 9.97. The topological polar surface area (TPSA) is 170 Å². The molecule has 2 fully saturated rings. The second kappa shape index (κ2) is 34.7. The van der Waals surface area contributed by atoms with Crippen LogP contribution in [0.1, 0.15) is 127 Å². The second-order valence-corrected chi connectivity index (χ2v) is 28.3. The van der Waals surface area contributed by atoms with Crippen molar-refractivity contribution in [1.29, 1.82) is 0 Å². The van der Waals surface area contributed by atoms with Crippen LogP contribution in [-0.2, 0) is 69.8 Å². The van der Waals surface area contributed by atoms with Crippen LogP contribution >= 0.6 is 0 Å². The summed E-state index contributed by atoms with van der Waals surface area (Å²) < 4.78 is 74.3. The summed E-state index contributed by atoms with van der Waals surface area (Å²) in [4.78, 5) is 54.2. The Labute approximate surface area is 536 Å². The Morgan fingerprint density at radius 2 is 0.824 bits per heavy atom. The summed E-state index contributed by atoms with van der Waals surface area (Å²) >= 11 is 0. The van der Waals surface area contributed by atoms with E-state index < -0.39 is 93.2 Å². The highest BCUT2D eigenvalue weighted by atomic mass is 28.4. The summed E-state index contributed by atoms with van der Waals surface area (Å²) in [6.07, 6.45) is -1.89. The number of benzene rings is 7. The molecule has 91 heavy (non-hydrogen) atoms. The lowest BCUT2D eigenvalue weighted by Crippen LogP contribution is -2.68. The predicted octanol–water partition coefficient (Wildman–Crippen LogP) is 13.0. The Bertz CT molecular complexity index is 3230. The van der Waals surface area contributed by atoms with Crippen molar-refractivity contribution in [3.63, 3.8) is 0 Å². The smallest absolute Gasteiger partial charge is 0.338 e. The minimum atomic E-state index is -3.23. The van der Waals surface area contributed by atoms with Gasteiger partial charge in [0.25, 0.3) is 8.32 Å². The first-order chi connectivity index (χ1) is 44.4. The molecule has 0 bridgehead atoms. The highest BCUT2D eigenvalue weighted by Crippen LogP contribution is 2.40. The maximum atomic E-state index is 14.5. The molecule has 0 unspecified atom stereocenters. The Morgan fingerprint density at radius 1 is 0.418 bits per heavy atom. The number of esters is 4. The molecule has 2 saturated heterocycles. The van der Waals surface area contributed by atoms with Crippen molar-refractivity contribution in [2.75, 3.05) is 26.9 Å². The van der Waals surface area contributed by atoms with Crippen molar-refractivity contribution in [3.05, 3.63) is 240 Å². The molecule has 0 radical (unpaired) electrons. The van der Waals surface area contributed by atoms with Crippen LogP contribution in [0.25, 0.3) is 0 Å². The fourth-order valence-electron chi connectivity index (χ4n) is 11.8. The largest absolute Gasteiger partial charge is 0.469 e. The number of unbranched alkanes of at least 4 members (excludes halogenated alkanes) is 8. The summed E-state index contributed by atoms with van der Waals surface area (Å²) in [6.45, 7) is 6.78. The summed E-state index contributed by atoms with van der Waals surface area (Å²) in [5.74, 6) is -2.32. The number of methoxy groups -OCH3 is 1. The van der Waals surface area contributed by atoms with E-state index in [0.29, 0.717) is 12.8 Å². The van der Waals surface area contributed by atoms with Gasteiger partial charge in [-0.15, -0.1) is 0 Å². The molecule has 9 rings (SSSR count). The van der Waals surface area contributed by atoms with E-state index in [1.807, 2.05) is 97.1 Å². The monoisotopic (exact) mass is 1250 g/mol. The summed E-state index contributed by atoms with van der Waals surface area (Å²) in [5.41, 5.74) is 2.49. The van der Waals surface area contributed by atoms with Crippen LogP contribution in [-0.4, -0.2) is 114 Å². The Morgan fingerprint density at radius 3 is 1.31 bits per heavy atom. The van der Waals surface area contributed by atoms with E-state index in [4.69, 9.17) is 51.8 Å². The third-order valence-electron chi connectivity index (χ3n) is 16.5. The Kier molecular flexibility index (Phi) is 25.8. The maximum absolute atomic E-state index is 14.5. The maximum Gasteiger partial charge on any atom is 0.338 e. The predicted molar refractivity (Wildman–Crippen MR) is 348 cm³/mol. The first-order valence-electron chi connectivity index (χ1n) is 31.9. The van der Waals surface area contributed by atoms with Gasteiger partial charge in [0.15, 0.2) is 24.8 Å². The van der Waals surface area contributed by atoms with Gasteiger partial charge >= 0.3 is 23.9 Å². The zero-order chi connectivity index (χ0) is 63.7. The zero-order valence-electron chi connectivity index (χ0n) is 52.6. The van der Waals surface area contributed by atoms with Crippen molar-refractivity contribution in [3.8, 4) is 0 Å². The van der Waals surface area contributed by atoms with Crippen molar-refractivity contribution in [1.82, 2.24) is 0 Å². The van der Waals surface area contributed by atoms with Crippen LogP contribution in [0.2, 0.25) is 5.04 Å². The number of hydrogen-bond acceptors (Lipinski definition) is 15. The summed E-state index contributed by atoms with van der Waals surface area (Å²) in [7, 11) is -1.81. The SMILES string of the molecule is COC(=O)CCCCCCCCCCCO[C@@H]1O[C@H](CO[Si](c2ccccc2)(c2ccccc2)C(C)(C)C)[C@H](OCc2ccccc2)[C@H](OCc2ccccc2)[C@H]1O[C@@H]1O[C@@H](COC(=O)c2ccccc2)[C@H](OC(=O)c2ccccc2)[C@H]1OC(=O)c1ccccc1. The molecule has 2 heterocycles. The molecule has 16 heteroatoms. The van der Waals surface area contributed by atoms with E-state index in [9.17, 15) is 19.2 Å². The molecule has 480 valence electrons. The Hall–Kier alpha value is -7.64. The molecule has 2 aliphatic heterocycles. The summed E-state index contributed by atoms with van der Waals surface area (Å²) in [6, 6.07) is 65.8. The second-order valence-electron chi connectivity index (χ2n) is 24.0. The molecule has 7 aromatic rings. The van der Waals surface area contributed by atoms with E-state index in [2.05, 4.69) is 45.0 Å². The van der Waals surface area contributed by atoms with E-state index in [1.165, 1.54) is 7.11 Å². The Balaban J connectivity index is 1.10. The van der Waals surface area contributed by atoms with E-state index >= 15 is 0 Å². The first kappa shape index (κ1) is 67.7. The number of carbonyl (C=O) groups excluding carboxylic acids is 4. The third kappa shape index (κ3) is 19.0. The van der Waals surface area contributed by atoms with Crippen LogP contribution in [0.15, 0.2) is 212 Å². The van der Waals surface area contributed by atoms with Crippen LogP contribution in [0, 0.1) is 0 Å². The molecular weight excluding hydrogens is 1170 g/mol. The quantitative estimate of drug-likeness (QED) is 0.0165. The minimum Gasteiger partial charge on any atom is -0.469 e. The van der Waals surface area contributed by atoms with Crippen molar-refractivity contribution in [2.45, 2.75) is 159 Å². The molecule has 0 N–H and O–H groups in total. The first-order valence-corrected chi connectivity index (χ1v) is 33.8. The number of hydrogen-bond donors (Lipinski definition) is 0. The molecule has 0 aliphatic carbocycles. The van der Waals surface area contributed by atoms with Crippen molar-refractivity contribution >= 4 is 42.6 Å². The average molecular weight is 1260 g/mol.